The molecule has 0 saturated heterocycles. The Morgan fingerprint density at radius 1 is 1.53 bits per heavy atom. The Hall–Kier alpha value is -1.49. The molecule has 0 bridgehead atoms. The van der Waals surface area contributed by atoms with E-state index in [4.69, 9.17) is 16.8 Å². The van der Waals surface area contributed by atoms with Gasteiger partial charge in [-0.25, -0.2) is 0 Å². The molecule has 1 amide bonds. The highest BCUT2D eigenvalue weighted by atomic mass is 35.5. The Labute approximate surface area is 117 Å². The molecule has 19 heavy (non-hydrogen) atoms. The van der Waals surface area contributed by atoms with E-state index in [1.165, 1.54) is 0 Å². The number of fused-ring (bicyclic) bond motifs is 1. The minimum atomic E-state index is -0.00869. The fourth-order valence-electron chi connectivity index (χ4n) is 2.40. The lowest BCUT2D eigenvalue weighted by atomic mass is 10.1. The Morgan fingerprint density at radius 2 is 2.32 bits per heavy atom. The number of alkyl halides is 1. The van der Waals surface area contributed by atoms with E-state index < -0.39 is 0 Å². The second-order valence-corrected chi connectivity index (χ2v) is 4.87. The van der Waals surface area contributed by atoms with Crippen molar-refractivity contribution in [2.45, 2.75) is 26.3 Å². The van der Waals surface area contributed by atoms with Crippen LogP contribution in [0.5, 0.6) is 0 Å². The first kappa shape index (κ1) is 13.9. The number of carbonyl (C=O) groups excluding carboxylic acids is 1. The lowest BCUT2D eigenvalue weighted by Crippen LogP contribution is -2.33. The van der Waals surface area contributed by atoms with E-state index in [2.05, 4.69) is 5.16 Å². The summed E-state index contributed by atoms with van der Waals surface area (Å²) in [6, 6.07) is 1.84. The van der Waals surface area contributed by atoms with Crippen molar-refractivity contribution in [1.82, 2.24) is 9.47 Å². The number of hydrogen-bond donors (Lipinski definition) is 1. The third-order valence-electron chi connectivity index (χ3n) is 3.41. The summed E-state index contributed by atoms with van der Waals surface area (Å²) in [5.41, 5.74) is 1.93. The molecule has 1 aliphatic heterocycles. The van der Waals surface area contributed by atoms with Crippen LogP contribution in [0.25, 0.3) is 0 Å². The molecule has 1 aromatic rings. The number of oxime groups is 1. The molecule has 0 aromatic carbocycles. The SMILES string of the molecule is CCn1ccc2c1C(=O)N(CCCCl)CCC2=NO. The topological polar surface area (TPSA) is 57.8 Å². The molecule has 0 atom stereocenters. The number of aromatic nitrogens is 1. The van der Waals surface area contributed by atoms with Crippen LogP contribution in [-0.2, 0) is 6.54 Å². The van der Waals surface area contributed by atoms with Crippen LogP contribution in [0.2, 0.25) is 0 Å². The Morgan fingerprint density at radius 3 is 2.95 bits per heavy atom. The monoisotopic (exact) mass is 283 g/mol. The number of amides is 1. The smallest absolute Gasteiger partial charge is 0.271 e. The second-order valence-electron chi connectivity index (χ2n) is 4.50. The first-order valence-corrected chi connectivity index (χ1v) is 7.02. The fraction of sp³-hybridized carbons (Fsp3) is 0.538. The van der Waals surface area contributed by atoms with Crippen molar-refractivity contribution in [3.05, 3.63) is 23.5 Å². The van der Waals surface area contributed by atoms with Gasteiger partial charge in [0.2, 0.25) is 0 Å². The highest BCUT2D eigenvalue weighted by Crippen LogP contribution is 2.21. The van der Waals surface area contributed by atoms with Gasteiger partial charge in [-0.3, -0.25) is 4.79 Å². The highest BCUT2D eigenvalue weighted by molar-refractivity contribution is 6.17. The van der Waals surface area contributed by atoms with Crippen LogP contribution < -0.4 is 0 Å². The van der Waals surface area contributed by atoms with Crippen LogP contribution >= 0.6 is 11.6 Å². The Kier molecular flexibility index (Phi) is 4.47. The van der Waals surface area contributed by atoms with E-state index in [0.29, 0.717) is 43.3 Å². The van der Waals surface area contributed by atoms with Crippen molar-refractivity contribution < 1.29 is 10.0 Å². The molecule has 0 unspecified atom stereocenters. The number of rotatable bonds is 4. The molecule has 5 nitrogen and oxygen atoms in total. The van der Waals surface area contributed by atoms with Crippen LogP contribution in [0, 0.1) is 0 Å². The zero-order chi connectivity index (χ0) is 13.8. The standard InChI is InChI=1S/C13H18ClN3O2/c1-2-16-8-4-10-11(15-19)5-9-17(7-3-6-14)13(18)12(10)16/h4,8,19H,2-3,5-7,9H2,1H3. The maximum absolute atomic E-state index is 12.6. The van der Waals surface area contributed by atoms with Gasteiger partial charge in [0.25, 0.3) is 5.91 Å². The Balaban J connectivity index is 2.39. The van der Waals surface area contributed by atoms with E-state index in [-0.39, 0.29) is 5.91 Å². The summed E-state index contributed by atoms with van der Waals surface area (Å²) in [4.78, 5) is 14.4. The van der Waals surface area contributed by atoms with Crippen molar-refractivity contribution in [2.24, 2.45) is 5.16 Å². The summed E-state index contributed by atoms with van der Waals surface area (Å²) in [5.74, 6) is 0.525. The van der Waals surface area contributed by atoms with Gasteiger partial charge in [0.05, 0.1) is 5.71 Å². The normalized spacial score (nSPS) is 17.7. The minimum absolute atomic E-state index is 0.00869. The molecule has 0 spiro atoms. The number of aryl methyl sites for hydroxylation is 1. The van der Waals surface area contributed by atoms with Gasteiger partial charge in [-0.1, -0.05) is 5.16 Å². The largest absolute Gasteiger partial charge is 0.411 e. The van der Waals surface area contributed by atoms with Gasteiger partial charge < -0.3 is 14.7 Å². The molecule has 0 saturated carbocycles. The lowest BCUT2D eigenvalue weighted by Gasteiger charge is -2.20. The summed E-state index contributed by atoms with van der Waals surface area (Å²) in [6.07, 6.45) is 3.19. The highest BCUT2D eigenvalue weighted by Gasteiger charge is 2.28. The van der Waals surface area contributed by atoms with Gasteiger partial charge in [0.1, 0.15) is 5.69 Å². The van der Waals surface area contributed by atoms with Crippen molar-refractivity contribution in [1.29, 1.82) is 0 Å². The molecule has 104 valence electrons. The average molecular weight is 284 g/mol. The van der Waals surface area contributed by atoms with Gasteiger partial charge in [-0.2, -0.15) is 0 Å². The van der Waals surface area contributed by atoms with Crippen LogP contribution in [0.3, 0.4) is 0 Å². The van der Waals surface area contributed by atoms with Gasteiger partial charge in [-0.05, 0) is 19.4 Å². The van der Waals surface area contributed by atoms with Crippen molar-refractivity contribution in [3.8, 4) is 0 Å². The van der Waals surface area contributed by atoms with Gasteiger partial charge in [-0.15, -0.1) is 11.6 Å². The molecular weight excluding hydrogens is 266 g/mol. The van der Waals surface area contributed by atoms with Gasteiger partial charge in [0.15, 0.2) is 0 Å². The fourth-order valence-corrected chi connectivity index (χ4v) is 2.52. The maximum Gasteiger partial charge on any atom is 0.271 e. The van der Waals surface area contributed by atoms with E-state index in [1.807, 2.05) is 23.8 Å². The molecule has 1 N–H and O–H groups in total. The zero-order valence-electron chi connectivity index (χ0n) is 11.0. The molecule has 0 fully saturated rings. The molecular formula is C13H18ClN3O2. The maximum atomic E-state index is 12.6. The predicted molar refractivity (Wildman–Crippen MR) is 74.3 cm³/mol. The molecule has 1 aliphatic rings. The summed E-state index contributed by atoms with van der Waals surface area (Å²) in [5, 5.41) is 12.5. The molecule has 0 aliphatic carbocycles. The quantitative estimate of drug-likeness (QED) is 0.523. The molecule has 2 heterocycles. The first-order valence-electron chi connectivity index (χ1n) is 6.48. The number of nitrogens with zero attached hydrogens (tertiary/aromatic N) is 3. The molecule has 6 heteroatoms. The second kappa shape index (κ2) is 6.10. The van der Waals surface area contributed by atoms with Crippen molar-refractivity contribution in [2.75, 3.05) is 19.0 Å². The van der Waals surface area contributed by atoms with Crippen LogP contribution in [-0.4, -0.2) is 45.3 Å². The van der Waals surface area contributed by atoms with E-state index in [1.54, 1.807) is 4.90 Å². The third-order valence-corrected chi connectivity index (χ3v) is 3.67. The third kappa shape index (κ3) is 2.61. The number of halogens is 1. The van der Waals surface area contributed by atoms with Crippen LogP contribution in [0.1, 0.15) is 35.8 Å². The van der Waals surface area contributed by atoms with Crippen LogP contribution in [0.15, 0.2) is 17.4 Å². The first-order chi connectivity index (χ1) is 9.22. The lowest BCUT2D eigenvalue weighted by molar-refractivity contribution is 0.0753. The van der Waals surface area contributed by atoms with E-state index in [0.717, 1.165) is 12.0 Å². The number of hydrogen-bond acceptors (Lipinski definition) is 3. The van der Waals surface area contributed by atoms with E-state index >= 15 is 0 Å². The Bertz CT molecular complexity index is 496. The summed E-state index contributed by atoms with van der Waals surface area (Å²) in [7, 11) is 0. The summed E-state index contributed by atoms with van der Waals surface area (Å²) >= 11 is 5.70. The average Bonchev–Trinajstić information content (AvgIpc) is 2.80. The van der Waals surface area contributed by atoms with Gasteiger partial charge in [0, 0.05) is 43.7 Å². The summed E-state index contributed by atoms with van der Waals surface area (Å²) in [6.45, 7) is 3.89. The molecule has 0 radical (unpaired) electrons. The minimum Gasteiger partial charge on any atom is -0.411 e. The van der Waals surface area contributed by atoms with Crippen LogP contribution in [0.4, 0.5) is 0 Å². The van der Waals surface area contributed by atoms with Crippen molar-refractivity contribution in [3.63, 3.8) is 0 Å². The molecule has 1 aromatic heterocycles. The van der Waals surface area contributed by atoms with Gasteiger partial charge >= 0.3 is 0 Å². The van der Waals surface area contributed by atoms with Crippen molar-refractivity contribution >= 4 is 23.2 Å². The summed E-state index contributed by atoms with van der Waals surface area (Å²) < 4.78 is 1.89. The number of carbonyl (C=O) groups is 1. The zero-order valence-corrected chi connectivity index (χ0v) is 11.7. The molecule has 2 rings (SSSR count). The predicted octanol–water partition coefficient (Wildman–Crippen LogP) is 2.16. The van der Waals surface area contributed by atoms with E-state index in [9.17, 15) is 4.79 Å².